The summed E-state index contributed by atoms with van der Waals surface area (Å²) < 4.78 is 1.51. The highest BCUT2D eigenvalue weighted by Crippen LogP contribution is 2.22. The smallest absolute Gasteiger partial charge is 0.259 e. The Morgan fingerprint density at radius 3 is 3.00 bits per heavy atom. The van der Waals surface area contributed by atoms with Crippen molar-refractivity contribution in [2.45, 2.75) is 6.92 Å². The largest absolute Gasteiger partial charge is 0.340 e. The summed E-state index contributed by atoms with van der Waals surface area (Å²) in [6, 6.07) is 12.8. The van der Waals surface area contributed by atoms with E-state index in [-0.39, 0.29) is 5.56 Å². The summed E-state index contributed by atoms with van der Waals surface area (Å²) in [7, 11) is 0. The first-order valence-electron chi connectivity index (χ1n) is 6.91. The molecule has 0 bridgehead atoms. The lowest BCUT2D eigenvalue weighted by Crippen LogP contribution is -2.14. The molecule has 6 heteroatoms. The topological polar surface area (TPSA) is 75.1 Å². The molecule has 0 atom stereocenters. The maximum Gasteiger partial charge on any atom is 0.259 e. The summed E-state index contributed by atoms with van der Waals surface area (Å²) in [5.74, 6) is 0.525. The van der Waals surface area contributed by atoms with Gasteiger partial charge in [-0.2, -0.15) is 5.10 Å². The van der Waals surface area contributed by atoms with Gasteiger partial charge in [0.25, 0.3) is 5.56 Å². The summed E-state index contributed by atoms with van der Waals surface area (Å²) in [6.45, 7) is 1.97. The fourth-order valence-corrected chi connectivity index (χ4v) is 2.48. The Morgan fingerprint density at radius 2 is 2.09 bits per heavy atom. The second-order valence-corrected chi connectivity index (χ2v) is 5.11. The number of rotatable bonds is 2. The lowest BCUT2D eigenvalue weighted by atomic mass is 10.2. The van der Waals surface area contributed by atoms with E-state index in [2.05, 4.69) is 20.5 Å². The third-order valence-corrected chi connectivity index (χ3v) is 3.59. The molecule has 3 aromatic heterocycles. The molecule has 0 spiro atoms. The molecule has 4 rings (SSSR count). The minimum Gasteiger partial charge on any atom is -0.340 e. The molecule has 2 N–H and O–H groups in total. The summed E-state index contributed by atoms with van der Waals surface area (Å²) >= 11 is 0. The molecule has 0 aliphatic heterocycles. The van der Waals surface area contributed by atoms with Gasteiger partial charge in [0.15, 0.2) is 0 Å². The molecule has 4 aromatic rings. The average molecular weight is 291 g/mol. The molecule has 108 valence electrons. The zero-order chi connectivity index (χ0) is 15.1. The van der Waals surface area contributed by atoms with Crippen LogP contribution in [0, 0.1) is 6.92 Å². The third kappa shape index (κ3) is 2.01. The number of aryl methyl sites for hydroxylation is 1. The van der Waals surface area contributed by atoms with Crippen molar-refractivity contribution in [3.05, 3.63) is 64.7 Å². The molecule has 0 aliphatic carbocycles. The number of fused-ring (bicyclic) bond motifs is 2. The van der Waals surface area contributed by atoms with Gasteiger partial charge in [0, 0.05) is 29.0 Å². The molecular formula is C16H13N5O. The number of H-pyrrole nitrogens is 1. The predicted octanol–water partition coefficient (Wildman–Crippen LogP) is 2.62. The van der Waals surface area contributed by atoms with Gasteiger partial charge < -0.3 is 5.32 Å². The summed E-state index contributed by atoms with van der Waals surface area (Å²) in [6.07, 6.45) is 1.70. The summed E-state index contributed by atoms with van der Waals surface area (Å²) in [5.41, 5.74) is 3.27. The van der Waals surface area contributed by atoms with E-state index in [1.54, 1.807) is 18.3 Å². The number of benzene rings is 1. The monoisotopic (exact) mass is 291 g/mol. The van der Waals surface area contributed by atoms with Gasteiger partial charge in [0.1, 0.15) is 11.5 Å². The molecule has 22 heavy (non-hydrogen) atoms. The lowest BCUT2D eigenvalue weighted by Gasteiger charge is -2.07. The molecule has 0 amide bonds. The van der Waals surface area contributed by atoms with Gasteiger partial charge in [0.05, 0.1) is 5.52 Å². The number of pyridine rings is 1. The van der Waals surface area contributed by atoms with Crippen molar-refractivity contribution in [3.63, 3.8) is 0 Å². The number of hydrogen-bond acceptors (Lipinski definition) is 4. The Labute approximate surface area is 125 Å². The van der Waals surface area contributed by atoms with Crippen LogP contribution < -0.4 is 10.9 Å². The van der Waals surface area contributed by atoms with Crippen LogP contribution >= 0.6 is 0 Å². The van der Waals surface area contributed by atoms with Crippen LogP contribution in [0.4, 0.5) is 11.5 Å². The normalized spacial score (nSPS) is 11.1. The number of aromatic nitrogens is 4. The van der Waals surface area contributed by atoms with Crippen molar-refractivity contribution in [3.8, 4) is 0 Å². The lowest BCUT2D eigenvalue weighted by molar-refractivity contribution is 1.05. The Balaban J connectivity index is 1.78. The van der Waals surface area contributed by atoms with E-state index < -0.39 is 0 Å². The van der Waals surface area contributed by atoms with Crippen LogP contribution in [0.3, 0.4) is 0 Å². The highest BCUT2D eigenvalue weighted by atomic mass is 16.1. The standard InChI is InChI=1S/C16H13N5O/c1-10-12-8-11(5-6-13(12)20-19-10)17-14-9-16(22)21-7-3-2-4-15(21)18-14/h2-9,17H,1H3,(H,19,20). The van der Waals surface area contributed by atoms with Gasteiger partial charge in [-0.15, -0.1) is 0 Å². The van der Waals surface area contributed by atoms with Gasteiger partial charge in [0.2, 0.25) is 0 Å². The molecule has 0 saturated heterocycles. The highest BCUT2D eigenvalue weighted by molar-refractivity contribution is 5.85. The maximum absolute atomic E-state index is 12.1. The van der Waals surface area contributed by atoms with Crippen molar-refractivity contribution < 1.29 is 0 Å². The van der Waals surface area contributed by atoms with Crippen LogP contribution in [0.15, 0.2) is 53.5 Å². The minimum absolute atomic E-state index is 0.117. The summed E-state index contributed by atoms with van der Waals surface area (Å²) in [5, 5.41) is 11.4. The molecule has 0 aliphatic rings. The number of nitrogens with one attached hydrogen (secondary N) is 2. The van der Waals surface area contributed by atoms with E-state index in [0.717, 1.165) is 22.3 Å². The summed E-state index contributed by atoms with van der Waals surface area (Å²) in [4.78, 5) is 16.5. The van der Waals surface area contributed by atoms with Crippen LogP contribution in [0.5, 0.6) is 0 Å². The van der Waals surface area contributed by atoms with E-state index in [9.17, 15) is 4.79 Å². The van der Waals surface area contributed by atoms with Gasteiger partial charge >= 0.3 is 0 Å². The predicted molar refractivity (Wildman–Crippen MR) is 85.6 cm³/mol. The zero-order valence-corrected chi connectivity index (χ0v) is 11.9. The van der Waals surface area contributed by atoms with Crippen molar-refractivity contribution in [2.24, 2.45) is 0 Å². The third-order valence-electron chi connectivity index (χ3n) is 3.59. The van der Waals surface area contributed by atoms with E-state index in [1.807, 2.05) is 31.2 Å². The van der Waals surface area contributed by atoms with E-state index in [1.165, 1.54) is 10.5 Å². The fraction of sp³-hybridized carbons (Fsp3) is 0.0625. The van der Waals surface area contributed by atoms with Crippen molar-refractivity contribution >= 4 is 28.1 Å². The maximum atomic E-state index is 12.1. The van der Waals surface area contributed by atoms with Gasteiger partial charge in [-0.3, -0.25) is 14.3 Å². The number of aromatic amines is 1. The highest BCUT2D eigenvalue weighted by Gasteiger charge is 2.05. The Bertz CT molecular complexity index is 1050. The Morgan fingerprint density at radius 1 is 1.18 bits per heavy atom. The molecule has 0 unspecified atom stereocenters. The molecule has 3 heterocycles. The quantitative estimate of drug-likeness (QED) is 0.595. The number of anilines is 2. The molecular weight excluding hydrogens is 278 g/mol. The number of nitrogens with zero attached hydrogens (tertiary/aromatic N) is 3. The van der Waals surface area contributed by atoms with Crippen LogP contribution in [0.25, 0.3) is 16.6 Å². The van der Waals surface area contributed by atoms with Gasteiger partial charge in [-0.25, -0.2) is 4.98 Å². The molecule has 0 radical (unpaired) electrons. The van der Waals surface area contributed by atoms with Crippen LogP contribution in [-0.2, 0) is 0 Å². The molecule has 0 saturated carbocycles. The van der Waals surface area contributed by atoms with Crippen LogP contribution in [-0.4, -0.2) is 19.6 Å². The zero-order valence-electron chi connectivity index (χ0n) is 11.9. The second kappa shape index (κ2) is 4.70. The average Bonchev–Trinajstić information content (AvgIpc) is 2.89. The fourth-order valence-electron chi connectivity index (χ4n) is 2.48. The van der Waals surface area contributed by atoms with Crippen molar-refractivity contribution in [2.75, 3.05) is 5.32 Å². The van der Waals surface area contributed by atoms with Gasteiger partial charge in [-0.1, -0.05) is 6.07 Å². The van der Waals surface area contributed by atoms with Crippen LogP contribution in [0.2, 0.25) is 0 Å². The Kier molecular flexibility index (Phi) is 2.69. The van der Waals surface area contributed by atoms with Gasteiger partial charge in [-0.05, 0) is 37.3 Å². The minimum atomic E-state index is -0.117. The SMILES string of the molecule is Cc1[nH]nc2ccc(Nc3cc(=O)n4ccccc4n3)cc12. The first kappa shape index (κ1) is 12.6. The number of hydrogen-bond donors (Lipinski definition) is 2. The second-order valence-electron chi connectivity index (χ2n) is 5.11. The van der Waals surface area contributed by atoms with Crippen molar-refractivity contribution in [1.82, 2.24) is 19.6 Å². The molecule has 0 fully saturated rings. The van der Waals surface area contributed by atoms with E-state index in [0.29, 0.717) is 11.5 Å². The van der Waals surface area contributed by atoms with E-state index in [4.69, 9.17) is 0 Å². The Hall–Kier alpha value is -3.15. The first-order valence-corrected chi connectivity index (χ1v) is 6.91. The molecule has 1 aromatic carbocycles. The van der Waals surface area contributed by atoms with Crippen LogP contribution in [0.1, 0.15) is 5.69 Å². The first-order chi connectivity index (χ1) is 10.7. The van der Waals surface area contributed by atoms with E-state index >= 15 is 0 Å². The molecule has 6 nitrogen and oxygen atoms in total. The van der Waals surface area contributed by atoms with Crippen molar-refractivity contribution in [1.29, 1.82) is 0 Å².